The molecule has 0 heterocycles. The highest BCUT2D eigenvalue weighted by molar-refractivity contribution is 9.09. The molecule has 1 aromatic rings. The second kappa shape index (κ2) is 11.1. The molecule has 0 aliphatic heterocycles. The molecule has 0 atom stereocenters. The zero-order valence-corrected chi connectivity index (χ0v) is 14.4. The first kappa shape index (κ1) is 17.5. The normalized spacial score (nSPS) is 12.2. The predicted octanol–water partition coefficient (Wildman–Crippen LogP) is 4.33. The molecule has 21 heavy (non-hydrogen) atoms. The molecule has 0 radical (unpaired) electrons. The van der Waals surface area contributed by atoms with Crippen LogP contribution in [0.4, 0.5) is 5.69 Å². The van der Waals surface area contributed by atoms with Gasteiger partial charge in [-0.05, 0) is 49.7 Å². The molecule has 0 saturated carbocycles. The summed E-state index contributed by atoms with van der Waals surface area (Å²) in [6.07, 6.45) is 10.3. The molecule has 1 aromatic carbocycles. The van der Waals surface area contributed by atoms with Crippen LogP contribution < -0.4 is 10.3 Å². The van der Waals surface area contributed by atoms with E-state index < -0.39 is 0 Å². The molecule has 0 aliphatic carbocycles. The number of anilines is 1. The van der Waals surface area contributed by atoms with Crippen molar-refractivity contribution in [2.24, 2.45) is 5.10 Å². The molecule has 3 nitrogen and oxygen atoms in total. The second-order valence-electron chi connectivity index (χ2n) is 4.58. The molecule has 0 saturated heterocycles. The van der Waals surface area contributed by atoms with E-state index in [1.54, 1.807) is 0 Å². The van der Waals surface area contributed by atoms with Crippen molar-refractivity contribution in [3.63, 3.8) is 0 Å². The fraction of sp³-hybridized carbons (Fsp3) is 0.353. The highest BCUT2D eigenvalue weighted by Crippen LogP contribution is 2.10. The lowest BCUT2D eigenvalue weighted by Gasteiger charge is -2.12. The number of hydrazone groups is 1. The smallest absolute Gasteiger partial charge is 0.0590 e. The Balaban J connectivity index is 2.43. The summed E-state index contributed by atoms with van der Waals surface area (Å²) in [5.74, 6) is 0. The van der Waals surface area contributed by atoms with Gasteiger partial charge in [0.2, 0.25) is 0 Å². The van der Waals surface area contributed by atoms with Gasteiger partial charge in [-0.25, -0.2) is 0 Å². The van der Waals surface area contributed by atoms with Crippen molar-refractivity contribution in [3.8, 4) is 0 Å². The molecule has 0 spiro atoms. The molecule has 1 rings (SSSR count). The number of nitrogens with zero attached hydrogens (tertiary/aromatic N) is 2. The molecular formula is C17H24BrN3. The zero-order chi connectivity index (χ0) is 15.3. The number of nitrogens with one attached hydrogen (secondary N) is 1. The average molecular weight is 350 g/mol. The predicted molar refractivity (Wildman–Crippen MR) is 97.3 cm³/mol. The van der Waals surface area contributed by atoms with Crippen molar-refractivity contribution in [2.45, 2.75) is 19.8 Å². The van der Waals surface area contributed by atoms with Crippen LogP contribution >= 0.6 is 15.9 Å². The first-order valence-electron chi connectivity index (χ1n) is 7.23. The molecule has 4 heteroatoms. The molecule has 0 unspecified atom stereocenters. The Hall–Kier alpha value is -1.55. The van der Waals surface area contributed by atoms with Gasteiger partial charge in [0.05, 0.1) is 11.9 Å². The summed E-state index contributed by atoms with van der Waals surface area (Å²) in [7, 11) is 1.95. The van der Waals surface area contributed by atoms with E-state index >= 15 is 0 Å². The minimum Gasteiger partial charge on any atom is -0.391 e. The summed E-state index contributed by atoms with van der Waals surface area (Å²) in [5, 5.41) is 10.7. The number of para-hydroxylation sites is 1. The third kappa shape index (κ3) is 7.71. The van der Waals surface area contributed by atoms with Gasteiger partial charge in [-0.2, -0.15) is 5.10 Å². The Bertz CT molecular complexity index is 466. The van der Waals surface area contributed by atoms with Gasteiger partial charge in [-0.1, -0.05) is 40.2 Å². The number of allylic oxidation sites excluding steroid dienone is 3. The maximum atomic E-state index is 4.45. The number of alkyl halides is 1. The molecule has 0 aromatic heterocycles. The van der Waals surface area contributed by atoms with Crippen LogP contribution in [0.5, 0.6) is 0 Å². The standard InChI is InChI=1S/C17H24BrN3/c1-3-16(11-14-19-13-8-7-12-18)15-20-21(2)17-9-5-4-6-10-17/h3-6,9-11,14-15,19H,7-8,12-13H2,1-2H3/b14-11-,16-3+,20-15+. The Labute approximate surface area is 136 Å². The van der Waals surface area contributed by atoms with Crippen LogP contribution in [0.2, 0.25) is 0 Å². The van der Waals surface area contributed by atoms with Gasteiger partial charge in [0.1, 0.15) is 0 Å². The van der Waals surface area contributed by atoms with Crippen molar-refractivity contribution in [2.75, 3.05) is 23.9 Å². The third-order valence-corrected chi connectivity index (χ3v) is 3.50. The van der Waals surface area contributed by atoms with Crippen molar-refractivity contribution >= 4 is 27.8 Å². The Morgan fingerprint density at radius 2 is 2.05 bits per heavy atom. The summed E-state index contributed by atoms with van der Waals surface area (Å²) >= 11 is 3.43. The van der Waals surface area contributed by atoms with E-state index in [1.165, 1.54) is 12.8 Å². The quantitative estimate of drug-likeness (QED) is 0.236. The van der Waals surface area contributed by atoms with Crippen molar-refractivity contribution in [1.82, 2.24) is 5.32 Å². The number of rotatable bonds is 9. The molecule has 0 fully saturated rings. The molecule has 0 bridgehead atoms. The van der Waals surface area contributed by atoms with Gasteiger partial charge in [0.15, 0.2) is 0 Å². The lowest BCUT2D eigenvalue weighted by atomic mass is 10.2. The van der Waals surface area contributed by atoms with Crippen LogP contribution in [-0.2, 0) is 0 Å². The van der Waals surface area contributed by atoms with Gasteiger partial charge in [-0.3, -0.25) is 5.01 Å². The molecule has 0 aliphatic rings. The van der Waals surface area contributed by atoms with Crippen molar-refractivity contribution in [3.05, 3.63) is 54.3 Å². The summed E-state index contributed by atoms with van der Waals surface area (Å²) < 4.78 is 0. The minimum absolute atomic E-state index is 1.00. The third-order valence-electron chi connectivity index (χ3n) is 2.94. The van der Waals surface area contributed by atoms with Crippen molar-refractivity contribution < 1.29 is 0 Å². The van der Waals surface area contributed by atoms with E-state index in [4.69, 9.17) is 0 Å². The molecule has 114 valence electrons. The number of hydrogen-bond acceptors (Lipinski definition) is 3. The number of halogens is 1. The Morgan fingerprint density at radius 1 is 1.29 bits per heavy atom. The van der Waals surface area contributed by atoms with Crippen LogP contribution in [0.15, 0.2) is 59.4 Å². The first-order chi connectivity index (χ1) is 10.3. The van der Waals surface area contributed by atoms with Gasteiger partial charge < -0.3 is 5.32 Å². The highest BCUT2D eigenvalue weighted by atomic mass is 79.9. The largest absolute Gasteiger partial charge is 0.391 e. The van der Waals surface area contributed by atoms with E-state index in [0.717, 1.165) is 23.1 Å². The minimum atomic E-state index is 1.00. The van der Waals surface area contributed by atoms with Crippen LogP contribution in [0.3, 0.4) is 0 Å². The van der Waals surface area contributed by atoms with Crippen LogP contribution in [-0.4, -0.2) is 25.1 Å². The monoisotopic (exact) mass is 349 g/mol. The number of hydrogen-bond donors (Lipinski definition) is 1. The van der Waals surface area contributed by atoms with E-state index in [0.29, 0.717) is 0 Å². The molecule has 0 amide bonds. The van der Waals surface area contributed by atoms with Gasteiger partial charge in [0.25, 0.3) is 0 Å². The van der Waals surface area contributed by atoms with Crippen LogP contribution in [0.25, 0.3) is 0 Å². The SMILES string of the molecule is C/C=C(\C=C/NCCCCBr)/C=N/N(C)c1ccccc1. The van der Waals surface area contributed by atoms with Gasteiger partial charge in [0, 0.05) is 18.9 Å². The Morgan fingerprint density at radius 3 is 2.71 bits per heavy atom. The fourth-order valence-electron chi connectivity index (χ4n) is 1.64. The number of benzene rings is 1. The van der Waals surface area contributed by atoms with E-state index in [9.17, 15) is 0 Å². The lowest BCUT2D eigenvalue weighted by Crippen LogP contribution is -2.09. The van der Waals surface area contributed by atoms with E-state index in [-0.39, 0.29) is 0 Å². The van der Waals surface area contributed by atoms with E-state index in [1.807, 2.05) is 73.9 Å². The summed E-state index contributed by atoms with van der Waals surface area (Å²) in [6.45, 7) is 3.01. The summed E-state index contributed by atoms with van der Waals surface area (Å²) in [6, 6.07) is 10.1. The fourth-order valence-corrected chi connectivity index (χ4v) is 2.03. The van der Waals surface area contributed by atoms with Gasteiger partial charge >= 0.3 is 0 Å². The van der Waals surface area contributed by atoms with Crippen LogP contribution in [0.1, 0.15) is 19.8 Å². The zero-order valence-electron chi connectivity index (χ0n) is 12.8. The maximum Gasteiger partial charge on any atom is 0.0590 e. The second-order valence-corrected chi connectivity index (χ2v) is 5.37. The van der Waals surface area contributed by atoms with Gasteiger partial charge in [-0.15, -0.1) is 0 Å². The highest BCUT2D eigenvalue weighted by Gasteiger charge is 1.95. The molecular weight excluding hydrogens is 326 g/mol. The van der Waals surface area contributed by atoms with E-state index in [2.05, 4.69) is 26.3 Å². The lowest BCUT2D eigenvalue weighted by molar-refractivity contribution is 0.742. The first-order valence-corrected chi connectivity index (χ1v) is 8.35. The Kier molecular flexibility index (Phi) is 9.29. The maximum absolute atomic E-state index is 4.45. The van der Waals surface area contributed by atoms with Crippen molar-refractivity contribution in [1.29, 1.82) is 0 Å². The summed E-state index contributed by atoms with van der Waals surface area (Å²) in [5.41, 5.74) is 2.15. The number of unbranched alkanes of at least 4 members (excludes halogenated alkanes) is 1. The topological polar surface area (TPSA) is 27.6 Å². The van der Waals surface area contributed by atoms with Crippen LogP contribution in [0, 0.1) is 0 Å². The average Bonchev–Trinajstić information content (AvgIpc) is 2.54. The summed E-state index contributed by atoms with van der Waals surface area (Å²) in [4.78, 5) is 0. The molecule has 1 N–H and O–H groups in total.